The van der Waals surface area contributed by atoms with Crippen LogP contribution in [0.4, 0.5) is 0 Å². The highest BCUT2D eigenvalue weighted by molar-refractivity contribution is 7.47. The van der Waals surface area contributed by atoms with Crippen molar-refractivity contribution in [3.8, 4) is 0 Å². The van der Waals surface area contributed by atoms with Gasteiger partial charge in [-0.05, 0) is 37.5 Å². The molecule has 0 aromatic carbocycles. The maximum Gasteiger partial charge on any atom is 0.472 e. The third kappa shape index (κ3) is 74.9. The van der Waals surface area contributed by atoms with Gasteiger partial charge in [-0.2, -0.15) is 0 Å². The van der Waals surface area contributed by atoms with E-state index in [4.69, 9.17) is 37.0 Å². The van der Waals surface area contributed by atoms with Crippen LogP contribution in [0, 0.1) is 11.8 Å². The maximum absolute atomic E-state index is 13.1. The van der Waals surface area contributed by atoms with Crippen LogP contribution in [0.3, 0.4) is 0 Å². The van der Waals surface area contributed by atoms with Crippen molar-refractivity contribution < 1.29 is 80.2 Å². The van der Waals surface area contributed by atoms with Gasteiger partial charge in [0.1, 0.15) is 19.3 Å². The number of hydrogen-bond acceptors (Lipinski definition) is 15. The van der Waals surface area contributed by atoms with Crippen molar-refractivity contribution in [3.63, 3.8) is 0 Å². The van der Waals surface area contributed by atoms with E-state index >= 15 is 0 Å². The van der Waals surface area contributed by atoms with E-state index in [2.05, 4.69) is 41.5 Å². The largest absolute Gasteiger partial charge is 0.472 e. The smallest absolute Gasteiger partial charge is 0.462 e. The highest BCUT2D eigenvalue weighted by Crippen LogP contribution is 2.45. The van der Waals surface area contributed by atoms with Crippen molar-refractivity contribution in [3.05, 3.63) is 0 Å². The summed E-state index contributed by atoms with van der Waals surface area (Å²) in [5.41, 5.74) is 0. The van der Waals surface area contributed by atoms with E-state index in [9.17, 15) is 43.2 Å². The Morgan fingerprint density at radius 2 is 0.500 bits per heavy atom. The number of unbranched alkanes of at least 4 members (excludes halogenated alkanes) is 51. The SMILES string of the molecule is CCCCCCCCCCCCCCCCCCCCC(=O)OC[C@H](COP(=O)(O)OC[C@@H](O)COP(=O)(O)OC[C@@H](COC(=O)CCCCCCCCC(C)CC)OC(=O)CCCCCCCCCCCCCCCC(C)C)OC(=O)CCCCCCCCCCCCCCCCCCCC. The first-order valence-corrected chi connectivity index (χ1v) is 46.0. The molecule has 0 fully saturated rings. The molecule has 6 atom stereocenters. The Morgan fingerprint density at radius 3 is 0.745 bits per heavy atom. The maximum atomic E-state index is 13.1. The normalized spacial score (nSPS) is 14.1. The lowest BCUT2D eigenvalue weighted by Crippen LogP contribution is -2.30. The van der Waals surface area contributed by atoms with E-state index in [1.165, 1.54) is 250 Å². The molecule has 17 nitrogen and oxygen atoms in total. The van der Waals surface area contributed by atoms with Crippen molar-refractivity contribution in [2.75, 3.05) is 39.6 Å². The van der Waals surface area contributed by atoms with Crippen LogP contribution >= 0.6 is 15.6 Å². The molecule has 0 aliphatic heterocycles. The lowest BCUT2D eigenvalue weighted by Gasteiger charge is -2.21. The summed E-state index contributed by atoms with van der Waals surface area (Å²) in [7, 11) is -9.92. The van der Waals surface area contributed by atoms with Crippen molar-refractivity contribution in [2.45, 2.75) is 458 Å². The Hall–Kier alpha value is -1.94. The number of aliphatic hydroxyl groups excluding tert-OH is 1. The molecule has 0 radical (unpaired) electrons. The van der Waals surface area contributed by atoms with E-state index in [0.717, 1.165) is 108 Å². The molecule has 0 amide bonds. The average Bonchev–Trinajstić information content (AvgIpc) is 0.910. The summed E-state index contributed by atoms with van der Waals surface area (Å²) < 4.78 is 68.8. The topological polar surface area (TPSA) is 237 Å². The van der Waals surface area contributed by atoms with Crippen LogP contribution < -0.4 is 0 Å². The second kappa shape index (κ2) is 74.5. The molecule has 19 heteroatoms. The van der Waals surface area contributed by atoms with E-state index in [1.807, 2.05) is 0 Å². The fraction of sp³-hybridized carbons (Fsp3) is 0.952. The lowest BCUT2D eigenvalue weighted by atomic mass is 10.00. The first-order valence-electron chi connectivity index (χ1n) is 43.0. The second-order valence-electron chi connectivity index (χ2n) is 30.6. The first-order chi connectivity index (χ1) is 49.4. The van der Waals surface area contributed by atoms with Gasteiger partial charge in [0, 0.05) is 25.7 Å². The van der Waals surface area contributed by atoms with Gasteiger partial charge in [0.25, 0.3) is 0 Å². The number of aliphatic hydroxyl groups is 1. The Morgan fingerprint density at radius 1 is 0.284 bits per heavy atom. The number of ether oxygens (including phenoxy) is 4. The quantitative estimate of drug-likeness (QED) is 0.0222. The summed E-state index contributed by atoms with van der Waals surface area (Å²) in [6.07, 6.45) is 65.3. The van der Waals surface area contributed by atoms with Crippen molar-refractivity contribution in [1.82, 2.24) is 0 Å². The highest BCUT2D eigenvalue weighted by Gasteiger charge is 2.30. The van der Waals surface area contributed by atoms with Gasteiger partial charge in [-0.25, -0.2) is 9.13 Å². The molecule has 0 bridgehead atoms. The molecule has 0 saturated carbocycles. The standard InChI is InChI=1S/C83H162O17P2/c1-7-10-12-14-16-18-20-22-24-26-28-30-34-38-42-46-53-59-65-80(85)93-71-78(99-82(87)67-61-55-47-43-39-35-31-29-27-25-23-21-19-17-15-13-11-8-2)73-97-101(89,90)95-69-77(84)70-96-102(91,92)98-74-79(72-94-81(86)66-60-54-50-49-52-58-64-76(6)9-3)100-83(88)68-62-56-48-44-40-36-32-33-37-41-45-51-57-63-75(4)5/h75-79,84H,7-74H2,1-6H3,(H,89,90)(H,91,92)/t76?,77-,78-,79-/m1/s1. The number of esters is 4. The van der Waals surface area contributed by atoms with Crippen LogP contribution in [-0.4, -0.2) is 96.7 Å². The van der Waals surface area contributed by atoms with E-state index in [0.29, 0.717) is 25.7 Å². The molecule has 0 heterocycles. The van der Waals surface area contributed by atoms with Gasteiger partial charge in [-0.3, -0.25) is 37.3 Å². The molecule has 102 heavy (non-hydrogen) atoms. The molecule has 0 saturated heterocycles. The number of phosphoric ester groups is 2. The Bertz CT molecular complexity index is 1960. The number of carbonyl (C=O) groups is 4. The minimum Gasteiger partial charge on any atom is -0.462 e. The van der Waals surface area contributed by atoms with Gasteiger partial charge in [0.15, 0.2) is 12.2 Å². The predicted octanol–water partition coefficient (Wildman–Crippen LogP) is 25.1. The van der Waals surface area contributed by atoms with Crippen molar-refractivity contribution in [2.24, 2.45) is 11.8 Å². The summed E-state index contributed by atoms with van der Waals surface area (Å²) in [6, 6.07) is 0. The number of rotatable bonds is 82. The molecule has 3 N–H and O–H groups in total. The molecule has 0 aliphatic rings. The Balaban J connectivity index is 5.24. The summed E-state index contributed by atoms with van der Waals surface area (Å²) in [4.78, 5) is 73.1. The van der Waals surface area contributed by atoms with Crippen LogP contribution in [0.5, 0.6) is 0 Å². The molecule has 0 rings (SSSR count). The van der Waals surface area contributed by atoms with Gasteiger partial charge < -0.3 is 33.8 Å². The van der Waals surface area contributed by atoms with Crippen LogP contribution in [0.25, 0.3) is 0 Å². The number of hydrogen-bond donors (Lipinski definition) is 3. The molecule has 0 spiro atoms. The van der Waals surface area contributed by atoms with E-state index in [1.54, 1.807) is 0 Å². The molecule has 0 aromatic rings. The van der Waals surface area contributed by atoms with Crippen LogP contribution in [-0.2, 0) is 65.4 Å². The minimum absolute atomic E-state index is 0.107. The second-order valence-corrected chi connectivity index (χ2v) is 33.5. The third-order valence-corrected chi connectivity index (χ3v) is 21.7. The fourth-order valence-corrected chi connectivity index (χ4v) is 14.4. The Labute approximate surface area is 626 Å². The predicted molar refractivity (Wildman–Crippen MR) is 418 cm³/mol. The monoisotopic (exact) mass is 1490 g/mol. The zero-order valence-electron chi connectivity index (χ0n) is 66.9. The summed E-state index contributed by atoms with van der Waals surface area (Å²) in [6.45, 7) is 9.63. The number of phosphoric acid groups is 2. The van der Waals surface area contributed by atoms with Gasteiger partial charge >= 0.3 is 39.5 Å². The Kier molecular flexibility index (Phi) is 73.1. The zero-order chi connectivity index (χ0) is 74.9. The highest BCUT2D eigenvalue weighted by atomic mass is 31.2. The summed E-state index contributed by atoms with van der Waals surface area (Å²) in [5.74, 6) is -0.589. The van der Waals surface area contributed by atoms with Crippen molar-refractivity contribution >= 4 is 39.5 Å². The molecule has 606 valence electrons. The van der Waals surface area contributed by atoms with E-state index in [-0.39, 0.29) is 25.7 Å². The minimum atomic E-state index is -4.96. The van der Waals surface area contributed by atoms with Gasteiger partial charge in [0.2, 0.25) is 0 Å². The fourth-order valence-electron chi connectivity index (χ4n) is 12.9. The molecule has 3 unspecified atom stereocenters. The third-order valence-electron chi connectivity index (χ3n) is 19.8. The zero-order valence-corrected chi connectivity index (χ0v) is 68.7. The van der Waals surface area contributed by atoms with Gasteiger partial charge in [-0.15, -0.1) is 0 Å². The van der Waals surface area contributed by atoms with Crippen molar-refractivity contribution in [1.29, 1.82) is 0 Å². The van der Waals surface area contributed by atoms with Gasteiger partial charge in [0.05, 0.1) is 26.4 Å². The van der Waals surface area contributed by atoms with Crippen LogP contribution in [0.1, 0.15) is 440 Å². The van der Waals surface area contributed by atoms with Crippen LogP contribution in [0.15, 0.2) is 0 Å². The van der Waals surface area contributed by atoms with Gasteiger partial charge in [-0.1, -0.05) is 388 Å². The molecular formula is C83H162O17P2. The molecular weight excluding hydrogens is 1330 g/mol. The average molecular weight is 1490 g/mol. The lowest BCUT2D eigenvalue weighted by molar-refractivity contribution is -0.161. The van der Waals surface area contributed by atoms with Crippen LogP contribution in [0.2, 0.25) is 0 Å². The molecule has 0 aromatic heterocycles. The first kappa shape index (κ1) is 100. The number of carbonyl (C=O) groups excluding carboxylic acids is 4. The molecule has 0 aliphatic carbocycles. The van der Waals surface area contributed by atoms with E-state index < -0.39 is 97.5 Å². The summed E-state index contributed by atoms with van der Waals surface area (Å²) >= 11 is 0. The summed E-state index contributed by atoms with van der Waals surface area (Å²) in [5, 5.41) is 10.7.